The predicted molar refractivity (Wildman–Crippen MR) is 61.3 cm³/mol. The highest BCUT2D eigenvalue weighted by Gasteiger charge is 2.18. The number of thioether (sulfide) groups is 1. The largest absolute Gasteiger partial charge is 0.478 e. The number of rotatable bonds is 2. The number of hydrogen-bond donors (Lipinski definition) is 1. The quantitative estimate of drug-likeness (QED) is 0.892. The van der Waals surface area contributed by atoms with Gasteiger partial charge < -0.3 is 5.11 Å². The predicted octanol–water partition coefficient (Wildman–Crippen LogP) is 3.19. The van der Waals surface area contributed by atoms with Gasteiger partial charge in [-0.1, -0.05) is 35.0 Å². The normalized spacial score (nSPS) is 10.1. The van der Waals surface area contributed by atoms with Crippen LogP contribution in [0.5, 0.6) is 0 Å². The number of carboxylic acids is 1. The number of carbonyl (C=O) groups excluding carboxylic acids is 1. The van der Waals surface area contributed by atoms with Crippen LogP contribution in [-0.2, 0) is 0 Å². The van der Waals surface area contributed by atoms with E-state index in [-0.39, 0.29) is 26.3 Å². The first-order valence-electron chi connectivity index (χ1n) is 3.78. The summed E-state index contributed by atoms with van der Waals surface area (Å²) in [5.41, 5.74) is -0.0758. The molecule has 1 rings (SSSR count). The molecule has 0 aliphatic heterocycles. The molecule has 0 aliphatic carbocycles. The molecule has 0 saturated carbocycles. The minimum Gasteiger partial charge on any atom is -0.478 e. The van der Waals surface area contributed by atoms with Gasteiger partial charge in [0.15, 0.2) is 0 Å². The smallest absolute Gasteiger partial charge is 0.336 e. The Morgan fingerprint density at radius 1 is 1.20 bits per heavy atom. The molecule has 0 radical (unpaired) electrons. The monoisotopic (exact) mass is 264 g/mol. The van der Waals surface area contributed by atoms with Gasteiger partial charge in [-0.3, -0.25) is 4.79 Å². The standard InChI is InChI=1S/C9H6Cl2O3S/c1-15-9(14)5-3-7(11)6(10)2-4(5)8(12)13/h2-3H,1H3,(H,12,13). The zero-order chi connectivity index (χ0) is 11.6. The van der Waals surface area contributed by atoms with Crippen LogP contribution >= 0.6 is 35.0 Å². The number of hydrogen-bond acceptors (Lipinski definition) is 3. The van der Waals surface area contributed by atoms with Crippen LogP contribution in [0.15, 0.2) is 12.1 Å². The van der Waals surface area contributed by atoms with E-state index in [0.717, 1.165) is 11.8 Å². The summed E-state index contributed by atoms with van der Waals surface area (Å²) >= 11 is 12.3. The van der Waals surface area contributed by atoms with Gasteiger partial charge >= 0.3 is 5.97 Å². The van der Waals surface area contributed by atoms with E-state index in [1.807, 2.05) is 0 Å². The Bertz CT molecular complexity index is 432. The molecule has 0 heterocycles. The zero-order valence-corrected chi connectivity index (χ0v) is 9.91. The van der Waals surface area contributed by atoms with Gasteiger partial charge in [-0.25, -0.2) is 4.79 Å². The van der Waals surface area contributed by atoms with Gasteiger partial charge in [0.05, 0.1) is 15.6 Å². The van der Waals surface area contributed by atoms with Gasteiger partial charge in [-0.2, -0.15) is 0 Å². The Morgan fingerprint density at radius 2 is 1.67 bits per heavy atom. The summed E-state index contributed by atoms with van der Waals surface area (Å²) in [5.74, 6) is -1.20. The summed E-state index contributed by atoms with van der Waals surface area (Å²) in [6, 6.07) is 2.45. The van der Waals surface area contributed by atoms with Gasteiger partial charge in [-0.05, 0) is 18.4 Å². The molecular formula is C9H6Cl2O3S. The summed E-state index contributed by atoms with van der Waals surface area (Å²) in [7, 11) is 0. The fraction of sp³-hybridized carbons (Fsp3) is 0.111. The van der Waals surface area contributed by atoms with E-state index in [1.165, 1.54) is 12.1 Å². The Labute approximate surface area is 100 Å². The van der Waals surface area contributed by atoms with Crippen LogP contribution in [0.25, 0.3) is 0 Å². The molecule has 0 aromatic heterocycles. The second kappa shape index (κ2) is 4.88. The van der Waals surface area contributed by atoms with E-state index in [0.29, 0.717) is 0 Å². The number of halogens is 2. The van der Waals surface area contributed by atoms with E-state index in [2.05, 4.69) is 0 Å². The van der Waals surface area contributed by atoms with Crippen molar-refractivity contribution in [3.63, 3.8) is 0 Å². The Morgan fingerprint density at radius 3 is 2.07 bits per heavy atom. The van der Waals surface area contributed by atoms with Crippen molar-refractivity contribution >= 4 is 46.0 Å². The SMILES string of the molecule is CSC(=O)c1cc(Cl)c(Cl)cc1C(=O)O. The lowest BCUT2D eigenvalue weighted by Gasteiger charge is -2.05. The number of carbonyl (C=O) groups is 2. The third-order valence-electron chi connectivity index (χ3n) is 1.70. The zero-order valence-electron chi connectivity index (χ0n) is 7.58. The van der Waals surface area contributed by atoms with Crippen molar-refractivity contribution in [1.29, 1.82) is 0 Å². The first kappa shape index (κ1) is 12.4. The van der Waals surface area contributed by atoms with Gasteiger partial charge in [-0.15, -0.1) is 0 Å². The second-order valence-electron chi connectivity index (χ2n) is 2.61. The molecule has 1 N–H and O–H groups in total. The number of aromatic carboxylic acids is 1. The van der Waals surface area contributed by atoms with Crippen LogP contribution in [0, 0.1) is 0 Å². The van der Waals surface area contributed by atoms with Crippen LogP contribution in [0.2, 0.25) is 10.0 Å². The van der Waals surface area contributed by atoms with E-state index < -0.39 is 5.97 Å². The van der Waals surface area contributed by atoms with Crippen molar-refractivity contribution in [2.45, 2.75) is 0 Å². The summed E-state index contributed by atoms with van der Waals surface area (Å²) in [6.07, 6.45) is 1.57. The van der Waals surface area contributed by atoms with E-state index in [1.54, 1.807) is 6.26 Å². The lowest BCUT2D eigenvalue weighted by atomic mass is 10.1. The topological polar surface area (TPSA) is 54.4 Å². The summed E-state index contributed by atoms with van der Waals surface area (Å²) in [5, 5.41) is 8.79. The van der Waals surface area contributed by atoms with Gasteiger partial charge in [0.1, 0.15) is 0 Å². The van der Waals surface area contributed by atoms with Crippen LogP contribution < -0.4 is 0 Å². The number of benzene rings is 1. The fourth-order valence-corrected chi connectivity index (χ4v) is 1.72. The molecule has 1 aromatic carbocycles. The molecular weight excluding hydrogens is 259 g/mol. The first-order valence-corrected chi connectivity index (χ1v) is 5.76. The minimum absolute atomic E-state index is 0.0596. The highest BCUT2D eigenvalue weighted by atomic mass is 35.5. The molecule has 0 aliphatic rings. The highest BCUT2D eigenvalue weighted by molar-refractivity contribution is 8.13. The molecule has 3 nitrogen and oxygen atoms in total. The van der Waals surface area contributed by atoms with Crippen molar-refractivity contribution < 1.29 is 14.7 Å². The molecule has 0 unspecified atom stereocenters. The van der Waals surface area contributed by atoms with Crippen molar-refractivity contribution in [1.82, 2.24) is 0 Å². The molecule has 0 amide bonds. The molecule has 0 bridgehead atoms. The van der Waals surface area contributed by atoms with E-state index >= 15 is 0 Å². The summed E-state index contributed by atoms with van der Waals surface area (Å²) < 4.78 is 0. The van der Waals surface area contributed by atoms with Crippen LogP contribution in [-0.4, -0.2) is 22.4 Å². The third kappa shape index (κ3) is 2.65. The molecule has 0 spiro atoms. The summed E-state index contributed by atoms with van der Waals surface area (Å²) in [6.45, 7) is 0. The van der Waals surface area contributed by atoms with Gasteiger partial charge in [0.2, 0.25) is 5.12 Å². The lowest BCUT2D eigenvalue weighted by Crippen LogP contribution is -2.06. The average Bonchev–Trinajstić information content (AvgIpc) is 2.20. The molecule has 0 saturated heterocycles. The van der Waals surface area contributed by atoms with E-state index in [9.17, 15) is 9.59 Å². The van der Waals surface area contributed by atoms with E-state index in [4.69, 9.17) is 28.3 Å². The molecule has 0 fully saturated rings. The number of carboxylic acid groups (broad SMARTS) is 1. The van der Waals surface area contributed by atoms with Gasteiger partial charge in [0, 0.05) is 5.56 Å². The second-order valence-corrected chi connectivity index (χ2v) is 4.20. The Hall–Kier alpha value is -0.710. The first-order chi connectivity index (χ1) is 6.97. The van der Waals surface area contributed by atoms with Crippen molar-refractivity contribution in [3.05, 3.63) is 33.3 Å². The van der Waals surface area contributed by atoms with Crippen molar-refractivity contribution in [2.24, 2.45) is 0 Å². The molecule has 1 aromatic rings. The lowest BCUT2D eigenvalue weighted by molar-refractivity contribution is 0.0693. The third-order valence-corrected chi connectivity index (χ3v) is 3.01. The molecule has 6 heteroatoms. The van der Waals surface area contributed by atoms with Gasteiger partial charge in [0.25, 0.3) is 0 Å². The maximum absolute atomic E-state index is 11.4. The maximum atomic E-state index is 11.4. The summed E-state index contributed by atoms with van der Waals surface area (Å²) in [4.78, 5) is 22.2. The van der Waals surface area contributed by atoms with Crippen molar-refractivity contribution in [3.8, 4) is 0 Å². The molecule has 0 atom stereocenters. The Balaban J connectivity index is 3.41. The minimum atomic E-state index is -1.20. The molecule has 80 valence electrons. The maximum Gasteiger partial charge on any atom is 0.336 e. The Kier molecular flexibility index (Phi) is 4.02. The van der Waals surface area contributed by atoms with Crippen LogP contribution in [0.1, 0.15) is 20.7 Å². The van der Waals surface area contributed by atoms with Crippen LogP contribution in [0.3, 0.4) is 0 Å². The average molecular weight is 265 g/mol. The van der Waals surface area contributed by atoms with Crippen LogP contribution in [0.4, 0.5) is 0 Å². The highest BCUT2D eigenvalue weighted by Crippen LogP contribution is 2.27. The fourth-order valence-electron chi connectivity index (χ4n) is 1.00. The van der Waals surface area contributed by atoms with Crippen molar-refractivity contribution in [2.75, 3.05) is 6.26 Å². The molecule has 15 heavy (non-hydrogen) atoms.